The predicted octanol–water partition coefficient (Wildman–Crippen LogP) is 0.539. The van der Waals surface area contributed by atoms with Gasteiger partial charge in [-0.3, -0.25) is 14.9 Å². The number of halogens is 1. The van der Waals surface area contributed by atoms with Crippen LogP contribution in [0, 0.1) is 0 Å². The van der Waals surface area contributed by atoms with Crippen molar-refractivity contribution in [1.82, 2.24) is 10.6 Å². The van der Waals surface area contributed by atoms with Gasteiger partial charge in [0.15, 0.2) is 0 Å². The lowest BCUT2D eigenvalue weighted by Crippen LogP contribution is -2.51. The zero-order valence-electron chi connectivity index (χ0n) is 11.8. The maximum atomic E-state index is 11.5. The highest BCUT2D eigenvalue weighted by atomic mass is 35.5. The van der Waals surface area contributed by atoms with E-state index in [1.807, 2.05) is 12.1 Å². The summed E-state index contributed by atoms with van der Waals surface area (Å²) in [5.41, 5.74) is 1.67. The van der Waals surface area contributed by atoms with Crippen LogP contribution in [0.15, 0.2) is 18.2 Å². The van der Waals surface area contributed by atoms with Gasteiger partial charge < -0.3 is 15.0 Å². The number of carbonyl (C=O) groups excluding carboxylic acids is 2. The van der Waals surface area contributed by atoms with E-state index < -0.39 is 0 Å². The number of nitrogens with one attached hydrogen (secondary N) is 2. The minimum atomic E-state index is -0.301. The molecule has 21 heavy (non-hydrogen) atoms. The Kier molecular flexibility index (Phi) is 5.55. The molecule has 0 atom stereocenters. The van der Waals surface area contributed by atoms with Crippen molar-refractivity contribution in [3.05, 3.63) is 28.8 Å². The molecular weight excluding hydrogens is 294 g/mol. The van der Waals surface area contributed by atoms with Gasteiger partial charge in [-0.05, 0) is 12.1 Å². The number of amides is 2. The van der Waals surface area contributed by atoms with Crippen molar-refractivity contribution in [2.24, 2.45) is 0 Å². The number of nitrogens with zero attached hydrogens (tertiary/aromatic N) is 1. The molecule has 0 aliphatic carbocycles. The molecule has 1 aromatic rings. The molecule has 1 aliphatic heterocycles. The Hall–Kier alpha value is -1.63. The fourth-order valence-corrected chi connectivity index (χ4v) is 2.45. The number of piperazine rings is 1. The molecule has 7 heteroatoms. The zero-order valence-corrected chi connectivity index (χ0v) is 12.6. The summed E-state index contributed by atoms with van der Waals surface area (Å²) in [6.07, 6.45) is 0. The second kappa shape index (κ2) is 7.40. The number of ether oxygens (including phenoxy) is 1. The van der Waals surface area contributed by atoms with E-state index in [-0.39, 0.29) is 24.9 Å². The Morgan fingerprint density at radius 3 is 2.71 bits per heavy atom. The minimum Gasteiger partial charge on any atom is -0.383 e. The van der Waals surface area contributed by atoms with Crippen LogP contribution in [0.25, 0.3) is 0 Å². The Labute approximate surface area is 128 Å². The Bertz CT molecular complexity index is 520. The van der Waals surface area contributed by atoms with Gasteiger partial charge >= 0.3 is 0 Å². The molecular formula is C14H18ClN3O3. The van der Waals surface area contributed by atoms with E-state index in [0.29, 0.717) is 24.7 Å². The number of carbonyl (C=O) groups is 2. The summed E-state index contributed by atoms with van der Waals surface area (Å²) in [6, 6.07) is 5.47. The van der Waals surface area contributed by atoms with Gasteiger partial charge in [0.1, 0.15) is 0 Å². The van der Waals surface area contributed by atoms with Gasteiger partial charge in [0.2, 0.25) is 11.8 Å². The first-order chi connectivity index (χ1) is 10.1. The second-order valence-corrected chi connectivity index (χ2v) is 5.14. The highest BCUT2D eigenvalue weighted by Gasteiger charge is 2.24. The van der Waals surface area contributed by atoms with E-state index in [2.05, 4.69) is 10.6 Å². The van der Waals surface area contributed by atoms with Gasteiger partial charge in [-0.2, -0.15) is 0 Å². The molecule has 1 heterocycles. The molecule has 0 spiro atoms. The topological polar surface area (TPSA) is 70.7 Å². The summed E-state index contributed by atoms with van der Waals surface area (Å²) >= 11 is 6.25. The molecule has 1 saturated heterocycles. The lowest BCUT2D eigenvalue weighted by Gasteiger charge is -2.29. The smallest absolute Gasteiger partial charge is 0.246 e. The van der Waals surface area contributed by atoms with E-state index in [9.17, 15) is 9.59 Å². The van der Waals surface area contributed by atoms with Gasteiger partial charge in [0.25, 0.3) is 0 Å². The molecule has 1 fully saturated rings. The fraction of sp³-hybridized carbons (Fsp3) is 0.429. The molecule has 2 N–H and O–H groups in total. The van der Waals surface area contributed by atoms with Crippen molar-refractivity contribution in [1.29, 1.82) is 0 Å². The van der Waals surface area contributed by atoms with Gasteiger partial charge in [0.05, 0.1) is 19.7 Å². The molecule has 1 aromatic carbocycles. The summed E-state index contributed by atoms with van der Waals surface area (Å²) in [5.74, 6) is -0.603. The quantitative estimate of drug-likeness (QED) is 0.593. The molecule has 0 bridgehead atoms. The maximum absolute atomic E-state index is 11.5. The molecule has 114 valence electrons. The first-order valence-electron chi connectivity index (χ1n) is 6.66. The van der Waals surface area contributed by atoms with Gasteiger partial charge in [-0.15, -0.1) is 0 Å². The van der Waals surface area contributed by atoms with Crippen molar-refractivity contribution < 1.29 is 14.3 Å². The third-order valence-electron chi connectivity index (χ3n) is 3.17. The van der Waals surface area contributed by atoms with Crippen LogP contribution < -0.4 is 15.5 Å². The number of imide groups is 1. The molecule has 2 amide bonds. The monoisotopic (exact) mass is 311 g/mol. The van der Waals surface area contributed by atoms with Crippen LogP contribution in [0.2, 0.25) is 5.02 Å². The van der Waals surface area contributed by atoms with Gasteiger partial charge in [-0.25, -0.2) is 0 Å². The van der Waals surface area contributed by atoms with Crippen LogP contribution in [-0.4, -0.2) is 45.2 Å². The SMILES string of the molecule is COCCNCc1c(Cl)cccc1N1CC(=O)NC(=O)C1. The van der Waals surface area contributed by atoms with Crippen molar-refractivity contribution in [2.45, 2.75) is 6.54 Å². The predicted molar refractivity (Wildman–Crippen MR) is 80.4 cm³/mol. The second-order valence-electron chi connectivity index (χ2n) is 4.73. The van der Waals surface area contributed by atoms with Crippen molar-refractivity contribution in [2.75, 3.05) is 38.3 Å². The summed E-state index contributed by atoms with van der Waals surface area (Å²) in [7, 11) is 1.64. The van der Waals surface area contributed by atoms with Gasteiger partial charge in [-0.1, -0.05) is 17.7 Å². The molecule has 0 unspecified atom stereocenters. The standard InChI is InChI=1S/C14H18ClN3O3/c1-21-6-5-16-7-10-11(15)3-2-4-12(10)18-8-13(19)17-14(20)9-18/h2-4,16H,5-9H2,1H3,(H,17,19,20). The Morgan fingerprint density at radius 2 is 2.05 bits per heavy atom. The number of anilines is 1. The van der Waals surface area contributed by atoms with Crippen LogP contribution in [0.1, 0.15) is 5.56 Å². The molecule has 0 aromatic heterocycles. The van der Waals surface area contributed by atoms with E-state index in [1.54, 1.807) is 18.1 Å². The van der Waals surface area contributed by atoms with E-state index in [0.717, 1.165) is 11.3 Å². The average molecular weight is 312 g/mol. The highest BCUT2D eigenvalue weighted by Crippen LogP contribution is 2.28. The Morgan fingerprint density at radius 1 is 1.33 bits per heavy atom. The highest BCUT2D eigenvalue weighted by molar-refractivity contribution is 6.31. The average Bonchev–Trinajstić information content (AvgIpc) is 2.43. The number of hydrogen-bond acceptors (Lipinski definition) is 5. The summed E-state index contributed by atoms with van der Waals surface area (Å²) in [4.78, 5) is 24.8. The van der Waals surface area contributed by atoms with E-state index in [1.165, 1.54) is 0 Å². The lowest BCUT2D eigenvalue weighted by molar-refractivity contribution is -0.130. The van der Waals surface area contributed by atoms with Crippen LogP contribution >= 0.6 is 11.6 Å². The molecule has 0 radical (unpaired) electrons. The van der Waals surface area contributed by atoms with E-state index in [4.69, 9.17) is 16.3 Å². The summed E-state index contributed by atoms with van der Waals surface area (Å²) in [5, 5.41) is 6.12. The number of hydrogen-bond donors (Lipinski definition) is 2. The minimum absolute atomic E-state index is 0.150. The molecule has 6 nitrogen and oxygen atoms in total. The molecule has 2 rings (SSSR count). The number of benzene rings is 1. The number of methoxy groups -OCH3 is 1. The number of rotatable bonds is 6. The van der Waals surface area contributed by atoms with Crippen LogP contribution in [0.3, 0.4) is 0 Å². The first kappa shape index (κ1) is 15.8. The lowest BCUT2D eigenvalue weighted by atomic mass is 10.1. The van der Waals surface area contributed by atoms with Gasteiger partial charge in [0, 0.05) is 36.5 Å². The molecule has 0 saturated carbocycles. The Balaban J connectivity index is 2.16. The largest absolute Gasteiger partial charge is 0.383 e. The van der Waals surface area contributed by atoms with Crippen LogP contribution in [-0.2, 0) is 20.9 Å². The molecule has 1 aliphatic rings. The van der Waals surface area contributed by atoms with Crippen LogP contribution in [0.4, 0.5) is 5.69 Å². The normalized spacial score (nSPS) is 15.2. The zero-order chi connectivity index (χ0) is 15.2. The fourth-order valence-electron chi connectivity index (χ4n) is 2.21. The van der Waals surface area contributed by atoms with Crippen LogP contribution in [0.5, 0.6) is 0 Å². The summed E-state index contributed by atoms with van der Waals surface area (Å²) < 4.78 is 4.98. The maximum Gasteiger partial charge on any atom is 0.246 e. The summed E-state index contributed by atoms with van der Waals surface area (Å²) in [6.45, 7) is 2.14. The van der Waals surface area contributed by atoms with Crippen molar-refractivity contribution >= 4 is 29.1 Å². The van der Waals surface area contributed by atoms with E-state index >= 15 is 0 Å². The van der Waals surface area contributed by atoms with Crippen molar-refractivity contribution in [3.8, 4) is 0 Å². The van der Waals surface area contributed by atoms with Crippen molar-refractivity contribution in [3.63, 3.8) is 0 Å². The third-order valence-corrected chi connectivity index (χ3v) is 3.52. The first-order valence-corrected chi connectivity index (χ1v) is 7.04. The third kappa shape index (κ3) is 4.17.